The highest BCUT2D eigenvalue weighted by molar-refractivity contribution is 6.23. The summed E-state index contributed by atoms with van der Waals surface area (Å²) in [5.41, 5.74) is 0. The lowest BCUT2D eigenvalue weighted by Crippen LogP contribution is -2.52. The van der Waals surface area contributed by atoms with Gasteiger partial charge < -0.3 is 9.64 Å². The second-order valence-corrected chi connectivity index (χ2v) is 5.77. The highest BCUT2D eigenvalue weighted by Gasteiger charge is 2.38. The number of carbonyl (C=O) groups excluding carboxylic acids is 1. The molecule has 1 fully saturated rings. The average Bonchev–Trinajstić information content (AvgIpc) is 2.76. The summed E-state index contributed by atoms with van der Waals surface area (Å²) in [6, 6.07) is -0.656. The Balaban J connectivity index is 1.91. The normalized spacial score (nSPS) is 35.1. The number of likely N-dealkylation sites (tertiary alicyclic amines) is 1. The maximum atomic E-state index is 14.0. The van der Waals surface area contributed by atoms with E-state index in [0.29, 0.717) is 19.5 Å². The molecule has 0 bridgehead atoms. The lowest BCUT2D eigenvalue weighted by atomic mass is 10.0. The summed E-state index contributed by atoms with van der Waals surface area (Å²) >= 11 is 5.97. The molecular weight excluding hydrogens is 273 g/mol. The Labute approximate surface area is 117 Å². The number of alkyl halides is 2. The molecule has 2 rings (SSSR count). The highest BCUT2D eigenvalue weighted by atomic mass is 35.5. The molecular formula is C12H19ClFN3O2. The third kappa shape index (κ3) is 3.42. The van der Waals surface area contributed by atoms with Crippen molar-refractivity contribution in [3.8, 4) is 0 Å². The van der Waals surface area contributed by atoms with E-state index < -0.39 is 23.7 Å². The van der Waals surface area contributed by atoms with Gasteiger partial charge in [-0.3, -0.25) is 4.79 Å². The van der Waals surface area contributed by atoms with E-state index in [4.69, 9.17) is 16.3 Å². The molecule has 2 aliphatic rings. The topological polar surface area (TPSA) is 54.3 Å². The molecule has 0 aliphatic carbocycles. The van der Waals surface area contributed by atoms with E-state index in [2.05, 4.69) is 10.2 Å². The number of nitrogens with zero attached hydrogens (tertiary/aromatic N) is 3. The third-order valence-corrected chi connectivity index (χ3v) is 3.67. The van der Waals surface area contributed by atoms with Crippen molar-refractivity contribution in [1.82, 2.24) is 4.90 Å². The van der Waals surface area contributed by atoms with E-state index in [-0.39, 0.29) is 18.6 Å². The van der Waals surface area contributed by atoms with E-state index in [1.165, 1.54) is 4.90 Å². The molecule has 0 aromatic heterocycles. The van der Waals surface area contributed by atoms with Crippen LogP contribution in [0, 0.1) is 0 Å². The van der Waals surface area contributed by atoms with E-state index in [1.54, 1.807) is 0 Å². The van der Waals surface area contributed by atoms with Crippen LogP contribution >= 0.6 is 11.6 Å². The van der Waals surface area contributed by atoms with Gasteiger partial charge in [0.1, 0.15) is 6.17 Å². The molecule has 2 unspecified atom stereocenters. The Bertz CT molecular complexity index is 367. The van der Waals surface area contributed by atoms with Gasteiger partial charge in [-0.25, -0.2) is 4.39 Å². The minimum Gasteiger partial charge on any atom is -0.372 e. The molecule has 0 aromatic carbocycles. The SMILES string of the molecule is CC(C)O[C@H]1CCN(C(=O)C2N=NCC2Cl)C[C@H]1F. The lowest BCUT2D eigenvalue weighted by molar-refractivity contribution is -0.139. The summed E-state index contributed by atoms with van der Waals surface area (Å²) in [4.78, 5) is 13.6. The molecule has 1 saturated heterocycles. The van der Waals surface area contributed by atoms with Gasteiger partial charge in [0.15, 0.2) is 6.04 Å². The Morgan fingerprint density at radius 3 is 2.79 bits per heavy atom. The first-order valence-corrected chi connectivity index (χ1v) is 7.01. The molecule has 0 saturated carbocycles. The van der Waals surface area contributed by atoms with E-state index >= 15 is 0 Å². The van der Waals surface area contributed by atoms with Crippen molar-refractivity contribution in [2.24, 2.45) is 10.2 Å². The second-order valence-electron chi connectivity index (χ2n) is 5.21. The largest absolute Gasteiger partial charge is 0.372 e. The summed E-state index contributed by atoms with van der Waals surface area (Å²) in [6.07, 6.45) is -1.10. The van der Waals surface area contributed by atoms with E-state index in [1.807, 2.05) is 13.8 Å². The average molecular weight is 292 g/mol. The molecule has 0 spiro atoms. The van der Waals surface area contributed by atoms with Crippen LogP contribution in [-0.2, 0) is 9.53 Å². The first-order valence-electron chi connectivity index (χ1n) is 6.58. The number of amides is 1. The number of azo groups is 1. The third-order valence-electron chi connectivity index (χ3n) is 3.30. The van der Waals surface area contributed by atoms with Crippen LogP contribution in [0.1, 0.15) is 20.3 Å². The number of carbonyl (C=O) groups is 1. The molecule has 2 heterocycles. The highest BCUT2D eigenvalue weighted by Crippen LogP contribution is 2.23. The van der Waals surface area contributed by atoms with Gasteiger partial charge in [0.05, 0.1) is 30.7 Å². The standard InChI is InChI=1S/C12H19ClFN3O2/c1-7(2)19-10-3-4-17(6-9(10)14)12(18)11-8(13)5-15-16-11/h7-11H,3-6H2,1-2H3/t8?,9-,10+,11?/m1/s1. The summed E-state index contributed by atoms with van der Waals surface area (Å²) in [5.74, 6) is -0.230. The van der Waals surface area contributed by atoms with Crippen molar-refractivity contribution >= 4 is 17.5 Å². The van der Waals surface area contributed by atoms with Crippen LogP contribution in [-0.4, -0.2) is 60.2 Å². The smallest absolute Gasteiger partial charge is 0.251 e. The van der Waals surface area contributed by atoms with Crippen LogP contribution in [0.3, 0.4) is 0 Å². The lowest BCUT2D eigenvalue weighted by Gasteiger charge is -2.36. The van der Waals surface area contributed by atoms with Crippen LogP contribution in [0.4, 0.5) is 4.39 Å². The fourth-order valence-electron chi connectivity index (χ4n) is 2.36. The van der Waals surface area contributed by atoms with Crippen molar-refractivity contribution in [3.05, 3.63) is 0 Å². The molecule has 19 heavy (non-hydrogen) atoms. The number of halogens is 2. The van der Waals surface area contributed by atoms with E-state index in [9.17, 15) is 9.18 Å². The van der Waals surface area contributed by atoms with Gasteiger partial charge in [-0.2, -0.15) is 10.2 Å². The number of hydrogen-bond acceptors (Lipinski definition) is 4. The van der Waals surface area contributed by atoms with Gasteiger partial charge in [-0.05, 0) is 20.3 Å². The molecule has 108 valence electrons. The number of rotatable bonds is 3. The second kappa shape index (κ2) is 6.13. The quantitative estimate of drug-likeness (QED) is 0.745. The van der Waals surface area contributed by atoms with Crippen LogP contribution in [0.25, 0.3) is 0 Å². The van der Waals surface area contributed by atoms with Crippen LogP contribution in [0.2, 0.25) is 0 Å². The molecule has 0 N–H and O–H groups in total. The fraction of sp³-hybridized carbons (Fsp3) is 0.917. The van der Waals surface area contributed by atoms with Crippen molar-refractivity contribution in [2.75, 3.05) is 19.6 Å². The summed E-state index contributed by atoms with van der Waals surface area (Å²) < 4.78 is 19.5. The maximum Gasteiger partial charge on any atom is 0.251 e. The van der Waals surface area contributed by atoms with Gasteiger partial charge in [0, 0.05) is 6.54 Å². The first-order chi connectivity index (χ1) is 8.99. The number of piperidine rings is 1. The number of hydrogen-bond donors (Lipinski definition) is 0. The van der Waals surface area contributed by atoms with Crippen molar-refractivity contribution < 1.29 is 13.9 Å². The molecule has 0 aromatic rings. The van der Waals surface area contributed by atoms with Gasteiger partial charge in [-0.15, -0.1) is 11.6 Å². The van der Waals surface area contributed by atoms with Gasteiger partial charge in [0.2, 0.25) is 0 Å². The summed E-state index contributed by atoms with van der Waals surface area (Å²) in [6.45, 7) is 4.63. The Hall–Kier alpha value is -0.750. The Morgan fingerprint density at radius 2 is 2.26 bits per heavy atom. The molecule has 1 amide bonds. The summed E-state index contributed by atoms with van der Waals surface area (Å²) in [7, 11) is 0. The number of ether oxygens (including phenoxy) is 1. The van der Waals surface area contributed by atoms with Crippen molar-refractivity contribution in [1.29, 1.82) is 0 Å². The Morgan fingerprint density at radius 1 is 1.53 bits per heavy atom. The van der Waals surface area contributed by atoms with Crippen LogP contribution in [0.5, 0.6) is 0 Å². The predicted octanol–water partition coefficient (Wildman–Crippen LogP) is 1.79. The molecule has 0 radical (unpaired) electrons. The zero-order valence-corrected chi connectivity index (χ0v) is 11.9. The molecule has 7 heteroatoms. The van der Waals surface area contributed by atoms with Gasteiger partial charge in [0.25, 0.3) is 5.91 Å². The van der Waals surface area contributed by atoms with Crippen LogP contribution < -0.4 is 0 Å². The van der Waals surface area contributed by atoms with Gasteiger partial charge in [-0.1, -0.05) is 0 Å². The van der Waals surface area contributed by atoms with Crippen molar-refractivity contribution in [3.63, 3.8) is 0 Å². The van der Waals surface area contributed by atoms with Crippen LogP contribution in [0.15, 0.2) is 10.2 Å². The Kier molecular flexibility index (Phi) is 4.73. The minimum atomic E-state index is -1.16. The molecule has 5 nitrogen and oxygen atoms in total. The molecule has 2 aliphatic heterocycles. The molecule has 4 atom stereocenters. The van der Waals surface area contributed by atoms with Crippen molar-refractivity contribution in [2.45, 2.75) is 50.1 Å². The zero-order valence-electron chi connectivity index (χ0n) is 11.1. The summed E-state index contributed by atoms with van der Waals surface area (Å²) in [5, 5.41) is 7.19. The minimum absolute atomic E-state index is 0.0126. The first kappa shape index (κ1) is 14.7. The van der Waals surface area contributed by atoms with Gasteiger partial charge >= 0.3 is 0 Å². The van der Waals surface area contributed by atoms with E-state index in [0.717, 1.165) is 0 Å². The predicted molar refractivity (Wildman–Crippen MR) is 69.3 cm³/mol. The fourth-order valence-corrected chi connectivity index (χ4v) is 2.58. The zero-order chi connectivity index (χ0) is 14.0. The monoisotopic (exact) mass is 291 g/mol. The maximum absolute atomic E-state index is 14.0.